The maximum atomic E-state index is 6.64. The Labute approximate surface area is 213 Å². The number of hydrogen-bond donors (Lipinski definition) is 2. The molecule has 0 aliphatic carbocycles. The van der Waals surface area contributed by atoms with E-state index in [9.17, 15) is 0 Å². The Bertz CT molecular complexity index is 1460. The average Bonchev–Trinajstić information content (AvgIpc) is 3.47. The first-order chi connectivity index (χ1) is 17.0. The minimum absolute atomic E-state index is 0.359. The number of benzene rings is 3. The van der Waals surface area contributed by atoms with Gasteiger partial charge in [0, 0.05) is 33.2 Å². The molecule has 0 aliphatic heterocycles. The van der Waals surface area contributed by atoms with E-state index >= 15 is 0 Å². The average molecular weight is 507 g/mol. The molecule has 2 N–H and O–H groups in total. The molecular formula is C26H24Cl2N6O. The minimum atomic E-state index is -0.359. The quantitative estimate of drug-likeness (QED) is 0.282. The third-order valence-corrected chi connectivity index (χ3v) is 6.66. The number of methoxy groups -OCH3 is 1. The highest BCUT2D eigenvalue weighted by Crippen LogP contribution is 2.31. The lowest BCUT2D eigenvalue weighted by Crippen LogP contribution is -2.28. The molecule has 0 spiro atoms. The molecule has 0 aliphatic rings. The second-order valence-corrected chi connectivity index (χ2v) is 9.07. The monoisotopic (exact) mass is 506 g/mol. The van der Waals surface area contributed by atoms with E-state index < -0.39 is 0 Å². The lowest BCUT2D eigenvalue weighted by molar-refractivity contribution is 0.414. The lowest BCUT2D eigenvalue weighted by Gasteiger charge is -2.20. The van der Waals surface area contributed by atoms with Gasteiger partial charge in [-0.15, -0.1) is 5.10 Å². The summed E-state index contributed by atoms with van der Waals surface area (Å²) in [6.07, 6.45) is 0.821. The first-order valence-electron chi connectivity index (χ1n) is 11.2. The van der Waals surface area contributed by atoms with Gasteiger partial charge in [-0.3, -0.25) is 0 Å². The van der Waals surface area contributed by atoms with Crippen LogP contribution in [0.25, 0.3) is 16.6 Å². The van der Waals surface area contributed by atoms with E-state index in [0.29, 0.717) is 22.4 Å². The molecule has 0 saturated carbocycles. The Morgan fingerprint density at radius 3 is 2.63 bits per heavy atom. The molecule has 0 radical (unpaired) electrons. The number of tetrazole rings is 1. The van der Waals surface area contributed by atoms with Gasteiger partial charge in [-0.05, 0) is 77.4 Å². The van der Waals surface area contributed by atoms with Gasteiger partial charge < -0.3 is 15.0 Å². The van der Waals surface area contributed by atoms with Crippen molar-refractivity contribution < 1.29 is 4.74 Å². The number of aryl methyl sites for hydroxylation is 1. The number of hydrogen-bond acceptors (Lipinski definition) is 5. The van der Waals surface area contributed by atoms with Crippen LogP contribution in [0.2, 0.25) is 10.0 Å². The number of aromatic amines is 1. The zero-order valence-corrected chi connectivity index (χ0v) is 20.8. The summed E-state index contributed by atoms with van der Waals surface area (Å²) in [5.74, 6) is 1.38. The molecule has 2 heterocycles. The summed E-state index contributed by atoms with van der Waals surface area (Å²) in [6, 6.07) is 21.0. The van der Waals surface area contributed by atoms with Crippen LogP contribution in [-0.4, -0.2) is 38.8 Å². The smallest absolute Gasteiger partial charge is 0.178 e. The van der Waals surface area contributed by atoms with E-state index in [1.807, 2.05) is 42.5 Å². The molecule has 7 nitrogen and oxygen atoms in total. The third kappa shape index (κ3) is 4.75. The number of rotatable bonds is 8. The third-order valence-electron chi connectivity index (χ3n) is 6.09. The van der Waals surface area contributed by atoms with E-state index in [-0.39, 0.29) is 6.04 Å². The number of fused-ring (bicyclic) bond motifs is 1. The molecule has 0 fully saturated rings. The highest BCUT2D eigenvalue weighted by atomic mass is 35.5. The van der Waals surface area contributed by atoms with Crippen molar-refractivity contribution in [2.45, 2.75) is 19.4 Å². The van der Waals surface area contributed by atoms with E-state index in [0.717, 1.165) is 34.6 Å². The van der Waals surface area contributed by atoms with Crippen molar-refractivity contribution in [3.05, 3.63) is 99.4 Å². The second-order valence-electron chi connectivity index (χ2n) is 8.22. The fourth-order valence-electron chi connectivity index (χ4n) is 4.36. The van der Waals surface area contributed by atoms with Crippen LogP contribution in [0.5, 0.6) is 5.75 Å². The van der Waals surface area contributed by atoms with Crippen LogP contribution in [0.1, 0.15) is 28.7 Å². The molecule has 2 aromatic heterocycles. The van der Waals surface area contributed by atoms with Crippen molar-refractivity contribution in [1.29, 1.82) is 0 Å². The minimum Gasteiger partial charge on any atom is -0.497 e. The number of nitrogens with zero attached hydrogens (tertiary/aromatic N) is 4. The molecule has 5 rings (SSSR count). The zero-order chi connectivity index (χ0) is 24.4. The first-order valence-corrected chi connectivity index (χ1v) is 12.0. The number of ether oxygens (including phenoxy) is 1. The Kier molecular flexibility index (Phi) is 6.72. The summed E-state index contributed by atoms with van der Waals surface area (Å²) in [5.41, 5.74) is 5.24. The van der Waals surface area contributed by atoms with Gasteiger partial charge in [-0.25, -0.2) is 0 Å². The number of para-hydroxylation sites is 1. The van der Waals surface area contributed by atoms with Crippen LogP contribution < -0.4 is 10.1 Å². The molecule has 0 amide bonds. The van der Waals surface area contributed by atoms with Crippen molar-refractivity contribution in [3.63, 3.8) is 0 Å². The number of nitrogens with one attached hydrogen (secondary N) is 2. The molecule has 0 unspecified atom stereocenters. The second kappa shape index (κ2) is 10.1. The van der Waals surface area contributed by atoms with Gasteiger partial charge in [0.15, 0.2) is 5.82 Å². The lowest BCUT2D eigenvalue weighted by atomic mass is 10.0. The molecule has 5 aromatic rings. The van der Waals surface area contributed by atoms with Gasteiger partial charge in [0.1, 0.15) is 5.75 Å². The summed E-state index contributed by atoms with van der Waals surface area (Å²) in [5, 5.41) is 18.6. The standard InChI is InChI=1S/C26H24Cl2N6O/c1-16-20(21-5-3-4-6-24(21)30-16)13-14-29-25(22-12-7-17(27)15-23(22)28)26-31-32-33-34(26)18-8-10-19(35-2)11-9-18/h3-12,15,25,29-30H,13-14H2,1-2H3/t25-/m0/s1. The van der Waals surface area contributed by atoms with E-state index in [4.69, 9.17) is 27.9 Å². The van der Waals surface area contributed by atoms with Gasteiger partial charge in [-0.2, -0.15) is 4.68 Å². The summed E-state index contributed by atoms with van der Waals surface area (Å²) in [6.45, 7) is 2.79. The number of H-pyrrole nitrogens is 1. The molecule has 35 heavy (non-hydrogen) atoms. The summed E-state index contributed by atoms with van der Waals surface area (Å²) >= 11 is 12.8. The van der Waals surface area contributed by atoms with E-state index in [1.165, 1.54) is 10.9 Å². The Hall–Kier alpha value is -3.39. The largest absolute Gasteiger partial charge is 0.497 e. The molecule has 9 heteroatoms. The maximum absolute atomic E-state index is 6.64. The van der Waals surface area contributed by atoms with Crippen molar-refractivity contribution >= 4 is 34.1 Å². The van der Waals surface area contributed by atoms with Crippen LogP contribution in [-0.2, 0) is 6.42 Å². The summed E-state index contributed by atoms with van der Waals surface area (Å²) < 4.78 is 6.99. The van der Waals surface area contributed by atoms with E-state index in [2.05, 4.69) is 50.9 Å². The molecule has 178 valence electrons. The van der Waals surface area contributed by atoms with Crippen LogP contribution in [0.3, 0.4) is 0 Å². The molecule has 0 saturated heterocycles. The van der Waals surface area contributed by atoms with Gasteiger partial charge in [0.25, 0.3) is 0 Å². The van der Waals surface area contributed by atoms with Gasteiger partial charge in [0.2, 0.25) is 0 Å². The number of halogens is 2. The van der Waals surface area contributed by atoms with Gasteiger partial charge >= 0.3 is 0 Å². The first kappa shape index (κ1) is 23.4. The predicted octanol–water partition coefficient (Wildman–Crippen LogP) is 5.69. The number of aromatic nitrogens is 5. The predicted molar refractivity (Wildman–Crippen MR) is 139 cm³/mol. The van der Waals surface area contributed by atoms with Crippen LogP contribution in [0.4, 0.5) is 0 Å². The van der Waals surface area contributed by atoms with Crippen molar-refractivity contribution in [1.82, 2.24) is 30.5 Å². The summed E-state index contributed by atoms with van der Waals surface area (Å²) in [4.78, 5) is 3.47. The fourth-order valence-corrected chi connectivity index (χ4v) is 4.87. The van der Waals surface area contributed by atoms with Crippen molar-refractivity contribution in [2.75, 3.05) is 13.7 Å². The normalized spacial score (nSPS) is 12.2. The zero-order valence-electron chi connectivity index (χ0n) is 19.3. The highest BCUT2D eigenvalue weighted by molar-refractivity contribution is 6.35. The van der Waals surface area contributed by atoms with Crippen LogP contribution in [0, 0.1) is 6.92 Å². The topological polar surface area (TPSA) is 80.7 Å². The van der Waals surface area contributed by atoms with Crippen LogP contribution in [0.15, 0.2) is 66.7 Å². The van der Waals surface area contributed by atoms with Gasteiger partial charge in [0.05, 0.1) is 18.8 Å². The van der Waals surface area contributed by atoms with Gasteiger partial charge in [-0.1, -0.05) is 47.5 Å². The van der Waals surface area contributed by atoms with Crippen molar-refractivity contribution in [2.24, 2.45) is 0 Å². The molecule has 3 aromatic carbocycles. The Balaban J connectivity index is 1.48. The molecular weight excluding hydrogens is 483 g/mol. The maximum Gasteiger partial charge on any atom is 0.178 e. The fraction of sp³-hybridized carbons (Fsp3) is 0.192. The highest BCUT2D eigenvalue weighted by Gasteiger charge is 2.24. The Morgan fingerprint density at radius 1 is 1.06 bits per heavy atom. The van der Waals surface area contributed by atoms with Crippen LogP contribution >= 0.6 is 23.2 Å². The van der Waals surface area contributed by atoms with Crippen molar-refractivity contribution in [3.8, 4) is 11.4 Å². The molecule has 1 atom stereocenters. The Morgan fingerprint density at radius 2 is 1.86 bits per heavy atom. The SMILES string of the molecule is COc1ccc(-n2nnnc2[C@@H](NCCc2c(C)[nH]c3ccccc23)c2ccc(Cl)cc2Cl)cc1. The van der Waals surface area contributed by atoms with E-state index in [1.54, 1.807) is 17.9 Å². The molecule has 0 bridgehead atoms. The summed E-state index contributed by atoms with van der Waals surface area (Å²) in [7, 11) is 1.63.